The van der Waals surface area contributed by atoms with Crippen LogP contribution in [0.4, 0.5) is 0 Å². The molecule has 0 saturated carbocycles. The highest BCUT2D eigenvalue weighted by Gasteiger charge is 2.38. The molecule has 21 heavy (non-hydrogen) atoms. The van der Waals surface area contributed by atoms with Gasteiger partial charge in [0.2, 0.25) is 0 Å². The van der Waals surface area contributed by atoms with Crippen LogP contribution >= 0.6 is 0 Å². The largest absolute Gasteiger partial charge is 0.393 e. The second-order valence-corrected chi connectivity index (χ2v) is 7.59. The molecule has 2 heterocycles. The van der Waals surface area contributed by atoms with Crippen molar-refractivity contribution in [2.24, 2.45) is 11.8 Å². The maximum Gasteiger partial charge on any atom is 0.0598 e. The lowest BCUT2D eigenvalue weighted by Crippen LogP contribution is -2.48. The minimum absolute atomic E-state index is 0.138. The Balaban J connectivity index is 1.85. The summed E-state index contributed by atoms with van der Waals surface area (Å²) in [7, 11) is 0. The lowest BCUT2D eigenvalue weighted by Gasteiger charge is -2.46. The molecule has 1 saturated heterocycles. The van der Waals surface area contributed by atoms with Crippen LogP contribution < -0.4 is 0 Å². The molecule has 1 aromatic rings. The number of fused-ring (bicyclic) bond motifs is 3. The van der Waals surface area contributed by atoms with Crippen LogP contribution in [0.1, 0.15) is 55.0 Å². The summed E-state index contributed by atoms with van der Waals surface area (Å²) < 4.78 is 0. The average Bonchev–Trinajstić information content (AvgIpc) is 2.41. The molecule has 0 spiro atoms. The molecule has 0 bridgehead atoms. The van der Waals surface area contributed by atoms with Crippen LogP contribution in [0.5, 0.6) is 0 Å². The topological polar surface area (TPSA) is 23.5 Å². The fourth-order valence-corrected chi connectivity index (χ4v) is 4.22. The number of aliphatic hydroxyl groups is 1. The van der Waals surface area contributed by atoms with Crippen LogP contribution in [0.25, 0.3) is 0 Å². The second-order valence-electron chi connectivity index (χ2n) is 7.59. The summed E-state index contributed by atoms with van der Waals surface area (Å²) in [5.41, 5.74) is 5.77. The van der Waals surface area contributed by atoms with Gasteiger partial charge in [0, 0.05) is 19.1 Å². The molecule has 1 aromatic carbocycles. The summed E-state index contributed by atoms with van der Waals surface area (Å²) in [6, 6.07) is 5.18. The van der Waals surface area contributed by atoms with Crippen molar-refractivity contribution in [3.05, 3.63) is 34.4 Å². The Bertz CT molecular complexity index is 523. The molecular weight excluding hydrogens is 258 g/mol. The molecule has 3 rings (SSSR count). The predicted molar refractivity (Wildman–Crippen MR) is 87.5 cm³/mol. The van der Waals surface area contributed by atoms with Crippen molar-refractivity contribution >= 4 is 0 Å². The van der Waals surface area contributed by atoms with E-state index in [1.54, 1.807) is 0 Å². The molecule has 1 fully saturated rings. The van der Waals surface area contributed by atoms with Crippen molar-refractivity contribution < 1.29 is 5.11 Å². The number of hydrogen-bond acceptors (Lipinski definition) is 2. The Labute approximate surface area is 129 Å². The maximum atomic E-state index is 10.6. The van der Waals surface area contributed by atoms with Crippen LogP contribution in [0.15, 0.2) is 12.1 Å². The molecule has 0 aliphatic carbocycles. The molecule has 116 valence electrons. The number of piperidine rings is 1. The van der Waals surface area contributed by atoms with Crippen molar-refractivity contribution in [3.8, 4) is 0 Å². The van der Waals surface area contributed by atoms with E-state index in [0.29, 0.717) is 17.9 Å². The minimum atomic E-state index is -0.138. The number of aliphatic hydroxyl groups excluding tert-OH is 1. The van der Waals surface area contributed by atoms with E-state index in [1.165, 1.54) is 22.3 Å². The van der Waals surface area contributed by atoms with E-state index in [2.05, 4.69) is 44.7 Å². The smallest absolute Gasteiger partial charge is 0.0598 e. The number of nitrogens with zero attached hydrogens (tertiary/aromatic N) is 1. The highest BCUT2D eigenvalue weighted by molar-refractivity contribution is 5.41. The molecule has 0 aromatic heterocycles. The highest BCUT2D eigenvalue weighted by atomic mass is 16.3. The molecule has 2 nitrogen and oxygen atoms in total. The van der Waals surface area contributed by atoms with Gasteiger partial charge in [0.25, 0.3) is 0 Å². The Morgan fingerprint density at radius 3 is 2.67 bits per heavy atom. The summed E-state index contributed by atoms with van der Waals surface area (Å²) in [6.45, 7) is 11.1. The van der Waals surface area contributed by atoms with Crippen LogP contribution in [0.2, 0.25) is 0 Å². The van der Waals surface area contributed by atoms with Gasteiger partial charge in [-0.25, -0.2) is 0 Å². The van der Waals surface area contributed by atoms with E-state index in [-0.39, 0.29) is 6.10 Å². The average molecular weight is 287 g/mol. The fourth-order valence-electron chi connectivity index (χ4n) is 4.22. The minimum Gasteiger partial charge on any atom is -0.393 e. The first-order valence-corrected chi connectivity index (χ1v) is 8.48. The second kappa shape index (κ2) is 5.73. The monoisotopic (exact) mass is 287 g/mol. The standard InChI is InChI=1S/C19H29NO/c1-12(2)7-16-11-20-6-5-15-8-13(3)14(4)9-17(15)18(20)10-19(16)21/h8-9,12,16,18-19,21H,5-7,10-11H2,1-4H3/t16-,18-,19-/m1/s1. The van der Waals surface area contributed by atoms with Gasteiger partial charge >= 0.3 is 0 Å². The summed E-state index contributed by atoms with van der Waals surface area (Å²) in [5, 5.41) is 10.6. The molecule has 2 aliphatic heterocycles. The first-order valence-electron chi connectivity index (χ1n) is 8.48. The molecular formula is C19H29NO. The van der Waals surface area contributed by atoms with E-state index in [1.807, 2.05) is 0 Å². The van der Waals surface area contributed by atoms with Crippen molar-refractivity contribution in [3.63, 3.8) is 0 Å². The zero-order valence-corrected chi connectivity index (χ0v) is 13.9. The molecule has 0 radical (unpaired) electrons. The zero-order valence-electron chi connectivity index (χ0n) is 13.9. The Kier molecular flexibility index (Phi) is 4.11. The quantitative estimate of drug-likeness (QED) is 0.898. The van der Waals surface area contributed by atoms with E-state index in [4.69, 9.17) is 0 Å². The van der Waals surface area contributed by atoms with Crippen molar-refractivity contribution in [1.29, 1.82) is 0 Å². The van der Waals surface area contributed by atoms with Gasteiger partial charge in [-0.1, -0.05) is 26.0 Å². The van der Waals surface area contributed by atoms with Gasteiger partial charge in [0.15, 0.2) is 0 Å². The lowest BCUT2D eigenvalue weighted by molar-refractivity contribution is -0.0191. The molecule has 1 N–H and O–H groups in total. The number of hydrogen-bond donors (Lipinski definition) is 1. The predicted octanol–water partition coefficient (Wildman–Crippen LogP) is 3.63. The van der Waals surface area contributed by atoms with Crippen LogP contribution in [-0.2, 0) is 6.42 Å². The highest BCUT2D eigenvalue weighted by Crippen LogP contribution is 2.40. The van der Waals surface area contributed by atoms with E-state index in [9.17, 15) is 5.11 Å². The normalized spacial score (nSPS) is 29.3. The number of rotatable bonds is 2. The van der Waals surface area contributed by atoms with Gasteiger partial charge < -0.3 is 5.11 Å². The molecule has 2 aliphatic rings. The summed E-state index contributed by atoms with van der Waals surface area (Å²) in [5.74, 6) is 1.12. The van der Waals surface area contributed by atoms with Gasteiger partial charge in [0.05, 0.1) is 6.10 Å². The Morgan fingerprint density at radius 2 is 1.95 bits per heavy atom. The fraction of sp³-hybridized carbons (Fsp3) is 0.684. The van der Waals surface area contributed by atoms with Gasteiger partial charge in [-0.15, -0.1) is 0 Å². The zero-order chi connectivity index (χ0) is 15.1. The Morgan fingerprint density at radius 1 is 1.24 bits per heavy atom. The molecule has 2 heteroatoms. The van der Waals surface area contributed by atoms with Crippen molar-refractivity contribution in [2.45, 2.75) is 59.1 Å². The van der Waals surface area contributed by atoms with Gasteiger partial charge in [-0.3, -0.25) is 4.90 Å². The molecule has 0 amide bonds. The number of benzene rings is 1. The third-order valence-electron chi connectivity index (χ3n) is 5.48. The lowest BCUT2D eigenvalue weighted by atomic mass is 9.78. The van der Waals surface area contributed by atoms with Crippen molar-refractivity contribution in [1.82, 2.24) is 4.90 Å². The summed E-state index contributed by atoms with van der Waals surface area (Å²) in [4.78, 5) is 2.62. The first-order chi connectivity index (χ1) is 9.95. The van der Waals surface area contributed by atoms with Crippen LogP contribution in [0.3, 0.4) is 0 Å². The summed E-state index contributed by atoms with van der Waals surface area (Å²) >= 11 is 0. The van der Waals surface area contributed by atoms with E-state index in [0.717, 1.165) is 32.4 Å². The molecule has 3 atom stereocenters. The van der Waals surface area contributed by atoms with Gasteiger partial charge in [0.1, 0.15) is 0 Å². The van der Waals surface area contributed by atoms with E-state index < -0.39 is 0 Å². The van der Waals surface area contributed by atoms with Gasteiger partial charge in [-0.2, -0.15) is 0 Å². The SMILES string of the molecule is Cc1cc2c(cc1C)[C@H]1C[C@@H](O)[C@H](CC(C)C)CN1CC2. The van der Waals surface area contributed by atoms with Gasteiger partial charge in [-0.05, 0) is 67.2 Å². The first kappa shape index (κ1) is 15.1. The van der Waals surface area contributed by atoms with Crippen LogP contribution in [0, 0.1) is 25.7 Å². The number of aryl methyl sites for hydroxylation is 2. The molecule has 0 unspecified atom stereocenters. The maximum absolute atomic E-state index is 10.6. The third kappa shape index (κ3) is 2.89. The third-order valence-corrected chi connectivity index (χ3v) is 5.48. The van der Waals surface area contributed by atoms with Crippen molar-refractivity contribution in [2.75, 3.05) is 13.1 Å². The summed E-state index contributed by atoms with van der Waals surface area (Å²) in [6.07, 6.45) is 3.08. The van der Waals surface area contributed by atoms with Crippen LogP contribution in [-0.4, -0.2) is 29.2 Å². The van der Waals surface area contributed by atoms with E-state index >= 15 is 0 Å². The Hall–Kier alpha value is -0.860.